The number of hydrogen-bond donors (Lipinski definition) is 0. The molecule has 0 rings (SSSR count). The Balaban J connectivity index is 3.61. The van der Waals surface area contributed by atoms with Crippen molar-refractivity contribution in [1.29, 1.82) is 0 Å². The fourth-order valence-electron chi connectivity index (χ4n) is 0.319. The highest BCUT2D eigenvalue weighted by atomic mass is 13.8. The van der Waals surface area contributed by atoms with E-state index in [4.69, 9.17) is 6.42 Å². The smallest absolute Gasteiger partial charge is 0.00502 e. The molecule has 0 saturated carbocycles. The predicted molar refractivity (Wildman–Crippen MR) is 37.4 cm³/mol. The van der Waals surface area contributed by atoms with Gasteiger partial charge in [0.25, 0.3) is 0 Å². The maximum absolute atomic E-state index is 5.06. The summed E-state index contributed by atoms with van der Waals surface area (Å²) in [4.78, 5) is 0. The summed E-state index contributed by atoms with van der Waals surface area (Å²) in [5, 5.41) is 0. The number of terminal acetylenes is 1. The minimum Gasteiger partial charge on any atom is -0.115 e. The van der Waals surface area contributed by atoms with Crippen LogP contribution in [0.2, 0.25) is 0 Å². The average molecular weight is 106 g/mol. The second-order valence-electron chi connectivity index (χ2n) is 1.56. The Labute approximate surface area is 50.9 Å². The SMILES string of the molecule is C#CC(C)=CCC=C. The molecular weight excluding hydrogens is 96.1 g/mol. The molecule has 0 aliphatic rings. The zero-order valence-electron chi connectivity index (χ0n) is 5.15. The first-order chi connectivity index (χ1) is 3.81. The van der Waals surface area contributed by atoms with Crippen molar-refractivity contribution in [3.8, 4) is 12.3 Å². The van der Waals surface area contributed by atoms with E-state index in [9.17, 15) is 0 Å². The van der Waals surface area contributed by atoms with E-state index < -0.39 is 0 Å². The van der Waals surface area contributed by atoms with Gasteiger partial charge in [-0.05, 0) is 18.9 Å². The van der Waals surface area contributed by atoms with Crippen molar-refractivity contribution >= 4 is 0 Å². The Kier molecular flexibility index (Phi) is 3.70. The van der Waals surface area contributed by atoms with Gasteiger partial charge >= 0.3 is 0 Å². The minimum absolute atomic E-state index is 0.871. The van der Waals surface area contributed by atoms with Crippen molar-refractivity contribution in [2.45, 2.75) is 13.3 Å². The van der Waals surface area contributed by atoms with Crippen molar-refractivity contribution < 1.29 is 0 Å². The fraction of sp³-hybridized carbons (Fsp3) is 0.250. The normalized spacial score (nSPS) is 10.2. The third-order valence-electron chi connectivity index (χ3n) is 0.818. The Morgan fingerprint density at radius 1 is 1.88 bits per heavy atom. The lowest BCUT2D eigenvalue weighted by Gasteiger charge is -1.81. The number of hydrogen-bond acceptors (Lipinski definition) is 0. The van der Waals surface area contributed by atoms with Gasteiger partial charge in [0.05, 0.1) is 0 Å². The van der Waals surface area contributed by atoms with Gasteiger partial charge in [0.1, 0.15) is 0 Å². The molecule has 0 fully saturated rings. The lowest BCUT2D eigenvalue weighted by Crippen LogP contribution is -1.64. The zero-order valence-corrected chi connectivity index (χ0v) is 5.15. The van der Waals surface area contributed by atoms with Crippen LogP contribution in [-0.4, -0.2) is 0 Å². The Morgan fingerprint density at radius 2 is 2.50 bits per heavy atom. The molecule has 0 amide bonds. The molecule has 0 aliphatic carbocycles. The second kappa shape index (κ2) is 4.21. The van der Waals surface area contributed by atoms with Gasteiger partial charge < -0.3 is 0 Å². The summed E-state index contributed by atoms with van der Waals surface area (Å²) >= 11 is 0. The first-order valence-corrected chi connectivity index (χ1v) is 2.55. The third kappa shape index (κ3) is 3.24. The summed E-state index contributed by atoms with van der Waals surface area (Å²) in [5.74, 6) is 2.51. The lowest BCUT2D eigenvalue weighted by molar-refractivity contribution is 1.35. The molecule has 0 unspecified atom stereocenters. The molecule has 0 spiro atoms. The molecule has 0 aromatic rings. The van der Waals surface area contributed by atoms with E-state index in [1.54, 1.807) is 0 Å². The molecule has 0 atom stereocenters. The predicted octanol–water partition coefficient (Wildman–Crippen LogP) is 2.14. The van der Waals surface area contributed by atoms with Crippen LogP contribution in [0, 0.1) is 12.3 Å². The van der Waals surface area contributed by atoms with E-state index >= 15 is 0 Å². The molecule has 0 aromatic carbocycles. The minimum atomic E-state index is 0.871. The van der Waals surface area contributed by atoms with Crippen LogP contribution in [0.4, 0.5) is 0 Å². The maximum atomic E-state index is 5.06. The molecule has 0 aromatic heterocycles. The van der Waals surface area contributed by atoms with Crippen LogP contribution in [0.1, 0.15) is 13.3 Å². The largest absolute Gasteiger partial charge is 0.115 e. The highest BCUT2D eigenvalue weighted by Gasteiger charge is 1.74. The van der Waals surface area contributed by atoms with Crippen molar-refractivity contribution in [2.24, 2.45) is 0 Å². The average Bonchev–Trinajstić information content (AvgIpc) is 1.83. The van der Waals surface area contributed by atoms with Crippen molar-refractivity contribution in [3.05, 3.63) is 24.3 Å². The first-order valence-electron chi connectivity index (χ1n) is 2.55. The van der Waals surface area contributed by atoms with Crippen LogP contribution in [0.25, 0.3) is 0 Å². The highest BCUT2D eigenvalue weighted by Crippen LogP contribution is 1.91. The van der Waals surface area contributed by atoms with E-state index in [-0.39, 0.29) is 0 Å². The monoisotopic (exact) mass is 106 g/mol. The molecule has 8 heavy (non-hydrogen) atoms. The Hall–Kier alpha value is -0.960. The summed E-state index contributed by atoms with van der Waals surface area (Å²) < 4.78 is 0. The van der Waals surface area contributed by atoms with Gasteiger partial charge in [-0.25, -0.2) is 0 Å². The van der Waals surface area contributed by atoms with E-state index in [0.29, 0.717) is 0 Å². The molecule has 0 nitrogen and oxygen atoms in total. The summed E-state index contributed by atoms with van der Waals surface area (Å²) in [5.41, 5.74) is 0.977. The molecule has 42 valence electrons. The maximum Gasteiger partial charge on any atom is -0.00502 e. The van der Waals surface area contributed by atoms with Crippen molar-refractivity contribution in [3.63, 3.8) is 0 Å². The summed E-state index contributed by atoms with van der Waals surface area (Å²) in [7, 11) is 0. The molecule has 0 saturated heterocycles. The lowest BCUT2D eigenvalue weighted by atomic mass is 10.2. The fourth-order valence-corrected chi connectivity index (χ4v) is 0.319. The first kappa shape index (κ1) is 7.04. The van der Waals surface area contributed by atoms with Gasteiger partial charge in [0.15, 0.2) is 0 Å². The molecule has 0 heterocycles. The Bertz CT molecular complexity index is 133. The second-order valence-corrected chi connectivity index (χ2v) is 1.56. The van der Waals surface area contributed by atoms with Crippen LogP contribution in [0.3, 0.4) is 0 Å². The van der Waals surface area contributed by atoms with E-state index in [0.717, 1.165) is 12.0 Å². The van der Waals surface area contributed by atoms with Gasteiger partial charge in [-0.3, -0.25) is 0 Å². The van der Waals surface area contributed by atoms with Crippen LogP contribution in [0.15, 0.2) is 24.3 Å². The quantitative estimate of drug-likeness (QED) is 0.373. The van der Waals surface area contributed by atoms with Gasteiger partial charge in [-0.2, -0.15) is 0 Å². The van der Waals surface area contributed by atoms with Crippen LogP contribution in [0.5, 0.6) is 0 Å². The van der Waals surface area contributed by atoms with Gasteiger partial charge in [-0.15, -0.1) is 13.0 Å². The van der Waals surface area contributed by atoms with Crippen molar-refractivity contribution in [1.82, 2.24) is 0 Å². The zero-order chi connectivity index (χ0) is 6.41. The van der Waals surface area contributed by atoms with E-state index in [2.05, 4.69) is 12.5 Å². The molecule has 0 bridgehead atoms. The Morgan fingerprint density at radius 3 is 2.88 bits per heavy atom. The van der Waals surface area contributed by atoms with Crippen molar-refractivity contribution in [2.75, 3.05) is 0 Å². The summed E-state index contributed by atoms with van der Waals surface area (Å²) in [6.07, 6.45) is 9.72. The highest BCUT2D eigenvalue weighted by molar-refractivity contribution is 5.22. The molecule has 0 N–H and O–H groups in total. The molecule has 0 aliphatic heterocycles. The summed E-state index contributed by atoms with van der Waals surface area (Å²) in [6.45, 7) is 5.46. The third-order valence-corrected chi connectivity index (χ3v) is 0.818. The van der Waals surface area contributed by atoms with Crippen LogP contribution >= 0.6 is 0 Å². The molecular formula is C8H10. The van der Waals surface area contributed by atoms with Gasteiger partial charge in [0.2, 0.25) is 0 Å². The van der Waals surface area contributed by atoms with Gasteiger partial charge in [-0.1, -0.05) is 18.1 Å². The van der Waals surface area contributed by atoms with Gasteiger partial charge in [0, 0.05) is 0 Å². The standard InChI is InChI=1S/C8H10/c1-4-6-7-8(3)5-2/h2,4,7H,1,6H2,3H3. The molecule has 0 radical (unpaired) electrons. The van der Waals surface area contributed by atoms with Crippen LogP contribution in [-0.2, 0) is 0 Å². The topological polar surface area (TPSA) is 0 Å². The van der Waals surface area contributed by atoms with Crippen LogP contribution < -0.4 is 0 Å². The summed E-state index contributed by atoms with van der Waals surface area (Å²) in [6, 6.07) is 0. The van der Waals surface area contributed by atoms with E-state index in [1.807, 2.05) is 19.1 Å². The van der Waals surface area contributed by atoms with E-state index in [1.165, 1.54) is 0 Å². The number of rotatable bonds is 2. The number of allylic oxidation sites excluding steroid dienone is 3. The molecule has 0 heteroatoms.